The van der Waals surface area contributed by atoms with Gasteiger partial charge in [-0.15, -0.1) is 0 Å². The van der Waals surface area contributed by atoms with E-state index in [0.717, 1.165) is 13.1 Å². The maximum Gasteiger partial charge on any atom is 0.255 e. The highest BCUT2D eigenvalue weighted by atomic mass is 16.5. The van der Waals surface area contributed by atoms with Crippen molar-refractivity contribution < 1.29 is 14.3 Å². The van der Waals surface area contributed by atoms with Gasteiger partial charge in [0.15, 0.2) is 0 Å². The molecule has 1 amide bonds. The summed E-state index contributed by atoms with van der Waals surface area (Å²) in [6, 6.07) is 0. The summed E-state index contributed by atoms with van der Waals surface area (Å²) in [6.07, 6.45) is 0.993. The second kappa shape index (κ2) is 10.1. The van der Waals surface area contributed by atoms with Gasteiger partial charge < -0.3 is 19.7 Å². The van der Waals surface area contributed by atoms with Crippen molar-refractivity contribution in [1.29, 1.82) is 0 Å². The zero-order chi connectivity index (χ0) is 22.6. The molecule has 0 saturated carbocycles. The number of morpholine rings is 2. The molecule has 0 aliphatic carbocycles. The van der Waals surface area contributed by atoms with Crippen molar-refractivity contribution in [2.75, 3.05) is 50.8 Å². The number of hydrogen-bond donors (Lipinski definition) is 2. The molecule has 2 atom stereocenters. The Morgan fingerprint density at radius 3 is 2.48 bits per heavy atom. The Balaban J connectivity index is 1.53. The van der Waals surface area contributed by atoms with Gasteiger partial charge in [-0.05, 0) is 41.0 Å². The van der Waals surface area contributed by atoms with Crippen LogP contribution in [0.2, 0.25) is 0 Å². The van der Waals surface area contributed by atoms with Gasteiger partial charge in [0.25, 0.3) is 5.56 Å². The number of hydrogen-bond acceptors (Lipinski definition) is 7. The molecule has 2 N–H and O–H groups in total. The van der Waals surface area contributed by atoms with Crippen molar-refractivity contribution in [1.82, 2.24) is 20.2 Å². The largest absolute Gasteiger partial charge is 0.378 e. The van der Waals surface area contributed by atoms with Gasteiger partial charge in [0, 0.05) is 55.9 Å². The van der Waals surface area contributed by atoms with Crippen LogP contribution in [-0.4, -0.2) is 84.5 Å². The van der Waals surface area contributed by atoms with Crippen LogP contribution >= 0.6 is 0 Å². The number of nitrogens with zero attached hydrogens (tertiary/aromatic N) is 3. The number of aromatic amines is 1. The summed E-state index contributed by atoms with van der Waals surface area (Å²) >= 11 is 0. The molecule has 1 aromatic heterocycles. The molecule has 2 fully saturated rings. The molecule has 9 nitrogen and oxygen atoms in total. The highest BCUT2D eigenvalue weighted by molar-refractivity contribution is 5.76. The van der Waals surface area contributed by atoms with E-state index in [-0.39, 0.29) is 35.6 Å². The molecule has 174 valence electrons. The normalized spacial score (nSPS) is 23.1. The van der Waals surface area contributed by atoms with E-state index in [2.05, 4.69) is 47.9 Å². The topological polar surface area (TPSA) is 99.8 Å². The van der Waals surface area contributed by atoms with E-state index < -0.39 is 0 Å². The van der Waals surface area contributed by atoms with Gasteiger partial charge in [0.2, 0.25) is 11.9 Å². The number of amides is 1. The first-order valence-corrected chi connectivity index (χ1v) is 11.3. The average molecular weight is 436 g/mol. The summed E-state index contributed by atoms with van der Waals surface area (Å²) in [5.74, 6) is 0.521. The van der Waals surface area contributed by atoms with Crippen LogP contribution < -0.4 is 15.8 Å². The number of rotatable bonds is 7. The number of nitrogens with one attached hydrogen (secondary N) is 2. The molecule has 1 aromatic rings. The quantitative estimate of drug-likeness (QED) is 0.655. The van der Waals surface area contributed by atoms with Gasteiger partial charge in [-0.2, -0.15) is 0 Å². The van der Waals surface area contributed by atoms with E-state index >= 15 is 0 Å². The Hall–Kier alpha value is -1.97. The Morgan fingerprint density at radius 1 is 1.23 bits per heavy atom. The molecule has 0 aromatic carbocycles. The van der Waals surface area contributed by atoms with E-state index in [0.29, 0.717) is 56.5 Å². The molecule has 2 aliphatic rings. The first-order chi connectivity index (χ1) is 14.7. The lowest BCUT2D eigenvalue weighted by atomic mass is 10.00. The summed E-state index contributed by atoms with van der Waals surface area (Å²) in [4.78, 5) is 36.9. The van der Waals surface area contributed by atoms with E-state index in [4.69, 9.17) is 9.47 Å². The molecule has 2 saturated heterocycles. The fourth-order valence-electron chi connectivity index (χ4n) is 4.24. The van der Waals surface area contributed by atoms with Crippen LogP contribution in [0.15, 0.2) is 4.79 Å². The molecule has 0 spiro atoms. The van der Waals surface area contributed by atoms with Gasteiger partial charge in [0.1, 0.15) is 0 Å². The van der Waals surface area contributed by atoms with Crippen LogP contribution in [0.1, 0.15) is 45.4 Å². The maximum absolute atomic E-state index is 12.6. The second-order valence-electron chi connectivity index (χ2n) is 9.30. The molecule has 2 unspecified atom stereocenters. The van der Waals surface area contributed by atoms with E-state index in [9.17, 15) is 9.59 Å². The highest BCUT2D eigenvalue weighted by Gasteiger charge is 2.33. The predicted molar refractivity (Wildman–Crippen MR) is 120 cm³/mol. The Labute approximate surface area is 184 Å². The first-order valence-electron chi connectivity index (χ1n) is 11.3. The molecular weight excluding hydrogens is 398 g/mol. The molecule has 0 bridgehead atoms. The number of carbonyl (C=O) groups is 1. The minimum absolute atomic E-state index is 0.0570. The standard InChI is InChI=1S/C22H37N5O4/c1-15-12-27(13-16(2)31-15)22(4,5)14-23-19(28)7-6-18-17(3)24-21(25-20(18)29)26-8-10-30-11-9-26/h15-16H,6-14H2,1-5H3,(H,23,28)(H,24,25,29). The van der Waals surface area contributed by atoms with Crippen LogP contribution in [0, 0.1) is 6.92 Å². The molecule has 3 heterocycles. The fourth-order valence-corrected chi connectivity index (χ4v) is 4.24. The number of aryl methyl sites for hydroxylation is 1. The van der Waals surface area contributed by atoms with Crippen LogP contribution in [0.3, 0.4) is 0 Å². The number of H-pyrrole nitrogens is 1. The summed E-state index contributed by atoms with van der Waals surface area (Å²) in [5, 5.41) is 3.05. The summed E-state index contributed by atoms with van der Waals surface area (Å²) < 4.78 is 11.2. The summed E-state index contributed by atoms with van der Waals surface area (Å²) in [6.45, 7) is 15.2. The Kier molecular flexibility index (Phi) is 7.72. The predicted octanol–water partition coefficient (Wildman–Crippen LogP) is 0.852. The molecule has 3 rings (SSSR count). The van der Waals surface area contributed by atoms with Gasteiger partial charge in [0.05, 0.1) is 25.4 Å². The van der Waals surface area contributed by atoms with E-state index in [1.54, 1.807) is 0 Å². The van der Waals surface area contributed by atoms with E-state index in [1.807, 2.05) is 11.8 Å². The van der Waals surface area contributed by atoms with Crippen LogP contribution in [0.4, 0.5) is 5.95 Å². The lowest BCUT2D eigenvalue weighted by molar-refractivity contribution is -0.122. The maximum atomic E-state index is 12.6. The van der Waals surface area contributed by atoms with Crippen molar-refractivity contribution >= 4 is 11.9 Å². The molecule has 0 radical (unpaired) electrons. The van der Waals surface area contributed by atoms with Gasteiger partial charge >= 0.3 is 0 Å². The number of ether oxygens (including phenoxy) is 2. The molecule has 31 heavy (non-hydrogen) atoms. The summed E-state index contributed by atoms with van der Waals surface area (Å²) in [5.41, 5.74) is 0.909. The zero-order valence-corrected chi connectivity index (χ0v) is 19.5. The van der Waals surface area contributed by atoms with E-state index in [1.165, 1.54) is 0 Å². The number of carbonyl (C=O) groups excluding carboxylic acids is 1. The lowest BCUT2D eigenvalue weighted by Gasteiger charge is -2.45. The van der Waals surface area contributed by atoms with Gasteiger partial charge in [-0.1, -0.05) is 0 Å². The third-order valence-electron chi connectivity index (χ3n) is 6.12. The second-order valence-corrected chi connectivity index (χ2v) is 9.30. The minimum atomic E-state index is -0.170. The lowest BCUT2D eigenvalue weighted by Crippen LogP contribution is -2.58. The molecular formula is C22H37N5O4. The fraction of sp³-hybridized carbons (Fsp3) is 0.773. The number of anilines is 1. The Bertz CT molecular complexity index is 809. The van der Waals surface area contributed by atoms with Crippen LogP contribution in [0.5, 0.6) is 0 Å². The van der Waals surface area contributed by atoms with Gasteiger partial charge in [-0.3, -0.25) is 19.5 Å². The Morgan fingerprint density at radius 2 is 1.87 bits per heavy atom. The van der Waals surface area contributed by atoms with Crippen molar-refractivity contribution in [2.45, 2.75) is 65.2 Å². The van der Waals surface area contributed by atoms with Gasteiger partial charge in [-0.25, -0.2) is 4.98 Å². The van der Waals surface area contributed by atoms with Crippen molar-refractivity contribution in [3.63, 3.8) is 0 Å². The minimum Gasteiger partial charge on any atom is -0.378 e. The first kappa shape index (κ1) is 23.7. The van der Waals surface area contributed by atoms with Crippen molar-refractivity contribution in [3.05, 3.63) is 21.6 Å². The van der Waals surface area contributed by atoms with Crippen LogP contribution in [-0.2, 0) is 20.7 Å². The van der Waals surface area contributed by atoms with Crippen molar-refractivity contribution in [2.24, 2.45) is 0 Å². The SMILES string of the molecule is Cc1nc(N2CCOCC2)[nH]c(=O)c1CCC(=O)NCC(C)(C)N1CC(C)OC(C)C1. The average Bonchev–Trinajstić information content (AvgIpc) is 2.71. The molecule has 2 aliphatic heterocycles. The monoisotopic (exact) mass is 435 g/mol. The smallest absolute Gasteiger partial charge is 0.255 e. The summed E-state index contributed by atoms with van der Waals surface area (Å²) in [7, 11) is 0. The molecule has 9 heteroatoms. The zero-order valence-electron chi connectivity index (χ0n) is 19.5. The number of aromatic nitrogens is 2. The third kappa shape index (κ3) is 6.27. The van der Waals surface area contributed by atoms with Crippen molar-refractivity contribution in [3.8, 4) is 0 Å². The van der Waals surface area contributed by atoms with Crippen LogP contribution in [0.25, 0.3) is 0 Å². The highest BCUT2D eigenvalue weighted by Crippen LogP contribution is 2.20. The third-order valence-corrected chi connectivity index (χ3v) is 6.12.